The topological polar surface area (TPSA) is 117 Å². The van der Waals surface area contributed by atoms with Crippen LogP contribution in [-0.4, -0.2) is 16.3 Å². The molecule has 1 aromatic carbocycles. The molecule has 0 amide bonds. The van der Waals surface area contributed by atoms with Crippen molar-refractivity contribution in [3.8, 4) is 5.75 Å². The van der Waals surface area contributed by atoms with E-state index in [9.17, 15) is 15.2 Å². The highest BCUT2D eigenvalue weighted by molar-refractivity contribution is 7.80. The molecule has 0 saturated carbocycles. The van der Waals surface area contributed by atoms with E-state index in [1.165, 1.54) is 12.3 Å². The maximum Gasteiger partial charge on any atom is 0.262 e. The highest BCUT2D eigenvalue weighted by Crippen LogP contribution is 2.22. The van der Waals surface area contributed by atoms with Gasteiger partial charge in [-0.25, -0.2) is 0 Å². The van der Waals surface area contributed by atoms with Gasteiger partial charge in [0.2, 0.25) is 0 Å². The molecule has 84 valence electrons. The van der Waals surface area contributed by atoms with Crippen LogP contribution in [0.4, 0.5) is 5.69 Å². The monoisotopic (exact) mass is 239 g/mol. The molecule has 0 spiro atoms. The van der Waals surface area contributed by atoms with Gasteiger partial charge in [0.05, 0.1) is 11.1 Å². The van der Waals surface area contributed by atoms with Gasteiger partial charge in [0.25, 0.3) is 5.69 Å². The Bertz CT molecular complexity index is 461. The molecule has 0 heterocycles. The molecule has 1 rings (SSSR count). The van der Waals surface area contributed by atoms with Gasteiger partial charge in [-0.2, -0.15) is 5.10 Å². The third-order valence-corrected chi connectivity index (χ3v) is 1.66. The van der Waals surface area contributed by atoms with Crippen molar-refractivity contribution in [1.82, 2.24) is 5.43 Å². The molecule has 0 saturated heterocycles. The summed E-state index contributed by atoms with van der Waals surface area (Å²) in [6, 6.07) is 3.62. The van der Waals surface area contributed by atoms with Gasteiger partial charge in [0.1, 0.15) is 0 Å². The van der Waals surface area contributed by atoms with Gasteiger partial charge >= 0.3 is 0 Å². The number of nitrogens with zero attached hydrogens (tertiary/aromatic N) is 2. The van der Waals surface area contributed by atoms with Crippen molar-refractivity contribution in [2.45, 2.75) is 0 Å². The Morgan fingerprint density at radius 1 is 1.62 bits per heavy atom. The Balaban J connectivity index is 2.91. The van der Waals surface area contributed by atoms with Gasteiger partial charge < -0.3 is 10.8 Å². The highest BCUT2D eigenvalue weighted by Gasteiger charge is 2.06. The van der Waals surface area contributed by atoms with Crippen molar-refractivity contribution >= 4 is 29.2 Å². The Hall–Kier alpha value is -2.22. The van der Waals surface area contributed by atoms with Crippen LogP contribution in [0.1, 0.15) is 5.56 Å². The zero-order valence-corrected chi connectivity index (χ0v) is 8.73. The number of nitrogens with one attached hydrogen (secondary N) is 1. The number of rotatable bonds is 3. The molecule has 0 bridgehead atoms. The SMILES string of the molecule is NC(=S)NN=Cc1ccc([O-])c([N+](=O)[O-])c1. The van der Waals surface area contributed by atoms with Crippen LogP contribution in [0, 0.1) is 10.1 Å². The molecule has 8 heteroatoms. The maximum absolute atomic E-state index is 11.1. The van der Waals surface area contributed by atoms with Gasteiger partial charge in [0, 0.05) is 11.6 Å². The average Bonchev–Trinajstić information content (AvgIpc) is 2.19. The number of nitro groups is 1. The lowest BCUT2D eigenvalue weighted by Crippen LogP contribution is -2.23. The van der Waals surface area contributed by atoms with Crippen LogP contribution in [0.2, 0.25) is 0 Å². The zero-order chi connectivity index (χ0) is 12.1. The zero-order valence-electron chi connectivity index (χ0n) is 7.91. The Labute approximate surface area is 95.7 Å². The molecule has 0 aliphatic rings. The summed E-state index contributed by atoms with van der Waals surface area (Å²) < 4.78 is 0. The lowest BCUT2D eigenvalue weighted by atomic mass is 10.2. The lowest BCUT2D eigenvalue weighted by Gasteiger charge is -2.05. The third kappa shape index (κ3) is 3.17. The summed E-state index contributed by atoms with van der Waals surface area (Å²) in [6.45, 7) is 0. The first-order valence-electron chi connectivity index (χ1n) is 4.04. The quantitative estimate of drug-likeness (QED) is 0.327. The summed E-state index contributed by atoms with van der Waals surface area (Å²) in [4.78, 5) is 9.71. The van der Waals surface area contributed by atoms with Crippen molar-refractivity contribution in [3.63, 3.8) is 0 Å². The van der Waals surface area contributed by atoms with Crippen molar-refractivity contribution < 1.29 is 10.0 Å². The number of hydrazone groups is 1. The Kier molecular flexibility index (Phi) is 3.72. The lowest BCUT2D eigenvalue weighted by molar-refractivity contribution is -0.398. The number of nitro benzene ring substituents is 1. The molecule has 7 nitrogen and oxygen atoms in total. The minimum atomic E-state index is -0.749. The molecular formula is C8H7N4O3S-. The first-order valence-corrected chi connectivity index (χ1v) is 4.45. The smallest absolute Gasteiger partial charge is 0.262 e. The van der Waals surface area contributed by atoms with E-state index in [4.69, 9.17) is 5.73 Å². The predicted octanol–water partition coefficient (Wildman–Crippen LogP) is -0.165. The average molecular weight is 239 g/mol. The van der Waals surface area contributed by atoms with Crippen LogP contribution >= 0.6 is 12.2 Å². The third-order valence-electron chi connectivity index (χ3n) is 1.57. The van der Waals surface area contributed by atoms with E-state index in [1.807, 2.05) is 0 Å². The van der Waals surface area contributed by atoms with Gasteiger partial charge in [-0.05, 0) is 18.0 Å². The van der Waals surface area contributed by atoms with E-state index in [0.29, 0.717) is 5.56 Å². The van der Waals surface area contributed by atoms with E-state index in [1.54, 1.807) is 0 Å². The van der Waals surface area contributed by atoms with Crippen molar-refractivity contribution in [1.29, 1.82) is 0 Å². The summed E-state index contributed by atoms with van der Waals surface area (Å²) >= 11 is 4.49. The van der Waals surface area contributed by atoms with E-state index in [0.717, 1.165) is 12.1 Å². The Morgan fingerprint density at radius 2 is 2.31 bits per heavy atom. The summed E-state index contributed by atoms with van der Waals surface area (Å²) in [7, 11) is 0. The number of hydrogen-bond donors (Lipinski definition) is 2. The minimum absolute atomic E-state index is 0.0220. The van der Waals surface area contributed by atoms with Crippen molar-refractivity contribution in [3.05, 3.63) is 33.9 Å². The van der Waals surface area contributed by atoms with Crippen LogP contribution in [0.25, 0.3) is 0 Å². The molecule has 0 aromatic heterocycles. The van der Waals surface area contributed by atoms with Crippen molar-refractivity contribution in [2.24, 2.45) is 10.8 Å². The second-order valence-corrected chi connectivity index (χ2v) is 3.16. The highest BCUT2D eigenvalue weighted by atomic mass is 32.1. The second kappa shape index (κ2) is 5.03. The van der Waals surface area contributed by atoms with E-state index >= 15 is 0 Å². The minimum Gasteiger partial charge on any atom is -0.868 e. The summed E-state index contributed by atoms with van der Waals surface area (Å²) in [6.07, 6.45) is 1.27. The van der Waals surface area contributed by atoms with Crippen molar-refractivity contribution in [2.75, 3.05) is 0 Å². The fourth-order valence-corrected chi connectivity index (χ4v) is 0.981. The fraction of sp³-hybridized carbons (Fsp3) is 0. The van der Waals surface area contributed by atoms with E-state index in [2.05, 4.69) is 22.7 Å². The number of hydrogen-bond acceptors (Lipinski definition) is 5. The van der Waals surface area contributed by atoms with Crippen LogP contribution in [0.3, 0.4) is 0 Å². The largest absolute Gasteiger partial charge is 0.868 e. The molecule has 0 fully saturated rings. The summed E-state index contributed by atoms with van der Waals surface area (Å²) in [5.41, 5.74) is 7.29. The van der Waals surface area contributed by atoms with Crippen LogP contribution in [0.15, 0.2) is 23.3 Å². The van der Waals surface area contributed by atoms with Crippen LogP contribution in [-0.2, 0) is 0 Å². The standard InChI is InChI=1S/C8H8N4O3S/c9-8(16)11-10-4-5-1-2-7(13)6(3-5)12(14)15/h1-4,13H,(H3,9,11,16)/p-1. The van der Waals surface area contributed by atoms with Gasteiger partial charge in [-0.3, -0.25) is 15.5 Å². The first kappa shape index (κ1) is 11.9. The molecule has 0 atom stereocenters. The molecule has 3 N–H and O–H groups in total. The molecular weight excluding hydrogens is 232 g/mol. The molecule has 0 unspecified atom stereocenters. The summed E-state index contributed by atoms with van der Waals surface area (Å²) in [5.74, 6) is -0.649. The second-order valence-electron chi connectivity index (χ2n) is 2.72. The number of nitrogens with two attached hydrogens (primary N) is 1. The summed E-state index contributed by atoms with van der Waals surface area (Å²) in [5, 5.41) is 25.1. The molecule has 1 aromatic rings. The fourth-order valence-electron chi connectivity index (χ4n) is 0.928. The van der Waals surface area contributed by atoms with E-state index < -0.39 is 16.4 Å². The van der Waals surface area contributed by atoms with E-state index in [-0.39, 0.29) is 5.11 Å². The maximum atomic E-state index is 11.1. The van der Waals surface area contributed by atoms with Crippen LogP contribution in [0.5, 0.6) is 5.75 Å². The first-order chi connectivity index (χ1) is 7.50. The molecule has 16 heavy (non-hydrogen) atoms. The number of thiocarbonyl (C=S) groups is 1. The normalized spacial score (nSPS) is 10.2. The van der Waals surface area contributed by atoms with Gasteiger partial charge in [-0.15, -0.1) is 0 Å². The predicted molar refractivity (Wildman–Crippen MR) is 60.1 cm³/mol. The molecule has 0 radical (unpaired) electrons. The van der Waals surface area contributed by atoms with Gasteiger partial charge in [-0.1, -0.05) is 12.1 Å². The molecule has 0 aliphatic heterocycles. The number of benzene rings is 1. The van der Waals surface area contributed by atoms with Crippen LogP contribution < -0.4 is 16.3 Å². The Morgan fingerprint density at radius 3 is 2.88 bits per heavy atom. The van der Waals surface area contributed by atoms with Gasteiger partial charge in [0.15, 0.2) is 5.11 Å². The molecule has 0 aliphatic carbocycles.